The van der Waals surface area contributed by atoms with E-state index in [1.165, 1.54) is 30.5 Å². The minimum atomic E-state index is -0.720. The number of para-hydroxylation sites is 1. The van der Waals surface area contributed by atoms with Crippen molar-refractivity contribution in [2.75, 3.05) is 11.4 Å². The van der Waals surface area contributed by atoms with Crippen molar-refractivity contribution in [2.45, 2.75) is 38.6 Å². The highest BCUT2D eigenvalue weighted by Gasteiger charge is 2.26. The predicted molar refractivity (Wildman–Crippen MR) is 68.4 cm³/mol. The van der Waals surface area contributed by atoms with Crippen LogP contribution in [-0.2, 0) is 4.79 Å². The van der Waals surface area contributed by atoms with Gasteiger partial charge in [-0.1, -0.05) is 18.2 Å². The van der Waals surface area contributed by atoms with Crippen LogP contribution in [0.25, 0.3) is 0 Å². The van der Waals surface area contributed by atoms with E-state index in [1.807, 2.05) is 12.1 Å². The van der Waals surface area contributed by atoms with Crippen LogP contribution in [-0.4, -0.2) is 23.7 Å². The van der Waals surface area contributed by atoms with Gasteiger partial charge < -0.3 is 10.0 Å². The topological polar surface area (TPSA) is 40.5 Å². The molecule has 0 aliphatic heterocycles. The summed E-state index contributed by atoms with van der Waals surface area (Å²) in [5.74, 6) is -0.720. The molecule has 17 heavy (non-hydrogen) atoms. The highest BCUT2D eigenvalue weighted by atomic mass is 16.4. The number of aryl methyl sites for hydroxylation is 1. The summed E-state index contributed by atoms with van der Waals surface area (Å²) < 4.78 is 0. The lowest BCUT2D eigenvalue weighted by molar-refractivity contribution is -0.136. The van der Waals surface area contributed by atoms with Crippen molar-refractivity contribution < 1.29 is 9.90 Å². The fourth-order valence-corrected chi connectivity index (χ4v) is 2.30. The van der Waals surface area contributed by atoms with Crippen LogP contribution in [0.2, 0.25) is 0 Å². The second-order valence-electron chi connectivity index (χ2n) is 4.71. The van der Waals surface area contributed by atoms with Gasteiger partial charge >= 0.3 is 5.97 Å². The summed E-state index contributed by atoms with van der Waals surface area (Å²) in [6.07, 6.45) is 3.85. The second kappa shape index (κ2) is 5.21. The third-order valence-electron chi connectivity index (χ3n) is 3.51. The van der Waals surface area contributed by atoms with E-state index in [-0.39, 0.29) is 6.42 Å². The monoisotopic (exact) mass is 233 g/mol. The van der Waals surface area contributed by atoms with E-state index in [4.69, 9.17) is 5.11 Å². The number of hydrogen-bond acceptors (Lipinski definition) is 2. The van der Waals surface area contributed by atoms with Crippen molar-refractivity contribution >= 4 is 11.7 Å². The molecular formula is C14H19NO2. The molecule has 1 aliphatic carbocycles. The van der Waals surface area contributed by atoms with Crippen molar-refractivity contribution in [3.05, 3.63) is 29.8 Å². The molecule has 1 aromatic carbocycles. The molecule has 3 nitrogen and oxygen atoms in total. The fourth-order valence-electron chi connectivity index (χ4n) is 2.30. The van der Waals surface area contributed by atoms with Gasteiger partial charge in [0.25, 0.3) is 0 Å². The lowest BCUT2D eigenvalue weighted by Gasteiger charge is -2.39. The first-order valence-electron chi connectivity index (χ1n) is 6.22. The molecule has 0 unspecified atom stereocenters. The van der Waals surface area contributed by atoms with E-state index < -0.39 is 5.97 Å². The number of carboxylic acids is 1. The minimum Gasteiger partial charge on any atom is -0.481 e. The molecule has 0 bridgehead atoms. The molecule has 0 aromatic heterocycles. The predicted octanol–water partition coefficient (Wildman–Crippen LogP) is 2.83. The summed E-state index contributed by atoms with van der Waals surface area (Å²) >= 11 is 0. The molecule has 3 heteroatoms. The molecule has 0 atom stereocenters. The number of anilines is 1. The smallest absolute Gasteiger partial charge is 0.305 e. The number of benzene rings is 1. The van der Waals surface area contributed by atoms with E-state index in [9.17, 15) is 4.79 Å². The normalized spacial score (nSPS) is 15.4. The zero-order chi connectivity index (χ0) is 12.3. The van der Waals surface area contributed by atoms with E-state index >= 15 is 0 Å². The summed E-state index contributed by atoms with van der Waals surface area (Å²) in [5, 5.41) is 8.82. The van der Waals surface area contributed by atoms with Gasteiger partial charge in [-0.3, -0.25) is 4.79 Å². The van der Waals surface area contributed by atoms with Gasteiger partial charge in [0.15, 0.2) is 0 Å². The first kappa shape index (κ1) is 12.0. The maximum absolute atomic E-state index is 10.7. The molecule has 0 spiro atoms. The standard InChI is InChI=1S/C14H19NO2/c1-11-5-2-3-8-13(11)15(10-9-14(16)17)12-6-4-7-12/h2-3,5,8,12H,4,6-7,9-10H2,1H3,(H,16,17). The van der Waals surface area contributed by atoms with E-state index in [1.54, 1.807) is 0 Å². The molecule has 2 rings (SSSR count). The Bertz CT molecular complexity index is 399. The van der Waals surface area contributed by atoms with Gasteiger partial charge in [0.1, 0.15) is 0 Å². The maximum atomic E-state index is 10.7. The Hall–Kier alpha value is -1.51. The largest absolute Gasteiger partial charge is 0.481 e. The second-order valence-corrected chi connectivity index (χ2v) is 4.71. The summed E-state index contributed by atoms with van der Waals surface area (Å²) in [7, 11) is 0. The maximum Gasteiger partial charge on any atom is 0.305 e. The third kappa shape index (κ3) is 2.78. The quantitative estimate of drug-likeness (QED) is 0.850. The highest BCUT2D eigenvalue weighted by molar-refractivity contribution is 5.68. The lowest BCUT2D eigenvalue weighted by Crippen LogP contribution is -2.41. The number of carbonyl (C=O) groups is 1. The van der Waals surface area contributed by atoms with Crippen molar-refractivity contribution in [2.24, 2.45) is 0 Å². The van der Waals surface area contributed by atoms with Gasteiger partial charge in [-0.2, -0.15) is 0 Å². The third-order valence-corrected chi connectivity index (χ3v) is 3.51. The van der Waals surface area contributed by atoms with Crippen LogP contribution in [0.15, 0.2) is 24.3 Å². The Labute approximate surface area is 102 Å². The molecule has 92 valence electrons. The van der Waals surface area contributed by atoms with E-state index in [2.05, 4.69) is 24.0 Å². The first-order chi connectivity index (χ1) is 8.18. The molecular weight excluding hydrogens is 214 g/mol. The highest BCUT2D eigenvalue weighted by Crippen LogP contribution is 2.31. The van der Waals surface area contributed by atoms with Crippen molar-refractivity contribution in [1.82, 2.24) is 0 Å². The summed E-state index contributed by atoms with van der Waals surface area (Å²) in [6, 6.07) is 8.76. The Morgan fingerprint density at radius 2 is 2.12 bits per heavy atom. The van der Waals surface area contributed by atoms with Crippen LogP contribution in [0.5, 0.6) is 0 Å². The number of carboxylic acid groups (broad SMARTS) is 1. The summed E-state index contributed by atoms with van der Waals surface area (Å²) in [5.41, 5.74) is 2.42. The van der Waals surface area contributed by atoms with Crippen molar-refractivity contribution in [1.29, 1.82) is 0 Å². The van der Waals surface area contributed by atoms with Gasteiger partial charge in [-0.05, 0) is 37.8 Å². The number of rotatable bonds is 5. The molecule has 1 saturated carbocycles. The zero-order valence-electron chi connectivity index (χ0n) is 10.2. The average Bonchev–Trinajstić information content (AvgIpc) is 2.22. The zero-order valence-corrected chi connectivity index (χ0v) is 10.2. The van der Waals surface area contributed by atoms with Crippen LogP contribution >= 0.6 is 0 Å². The molecule has 1 fully saturated rings. The SMILES string of the molecule is Cc1ccccc1N(CCC(=O)O)C1CCC1. The fraction of sp³-hybridized carbons (Fsp3) is 0.500. The van der Waals surface area contributed by atoms with Crippen molar-refractivity contribution in [3.8, 4) is 0 Å². The number of nitrogens with zero attached hydrogens (tertiary/aromatic N) is 1. The average molecular weight is 233 g/mol. The van der Waals surface area contributed by atoms with E-state index in [0.717, 1.165) is 0 Å². The lowest BCUT2D eigenvalue weighted by atomic mass is 9.90. The molecule has 0 saturated heterocycles. The molecule has 0 amide bonds. The van der Waals surface area contributed by atoms with Crippen LogP contribution in [0.4, 0.5) is 5.69 Å². The Kier molecular flexibility index (Phi) is 3.67. The molecule has 0 radical (unpaired) electrons. The molecule has 1 N–H and O–H groups in total. The van der Waals surface area contributed by atoms with E-state index in [0.29, 0.717) is 12.6 Å². The number of hydrogen-bond donors (Lipinski definition) is 1. The van der Waals surface area contributed by atoms with Gasteiger partial charge in [-0.25, -0.2) is 0 Å². The van der Waals surface area contributed by atoms with Gasteiger partial charge in [0.05, 0.1) is 6.42 Å². The Morgan fingerprint density at radius 3 is 2.65 bits per heavy atom. The van der Waals surface area contributed by atoms with Gasteiger partial charge in [0.2, 0.25) is 0 Å². The molecule has 1 aromatic rings. The molecule has 1 aliphatic rings. The van der Waals surface area contributed by atoms with Crippen LogP contribution < -0.4 is 4.90 Å². The van der Waals surface area contributed by atoms with Crippen LogP contribution in [0.3, 0.4) is 0 Å². The molecule has 0 heterocycles. The van der Waals surface area contributed by atoms with Gasteiger partial charge in [-0.15, -0.1) is 0 Å². The minimum absolute atomic E-state index is 0.213. The van der Waals surface area contributed by atoms with Gasteiger partial charge in [0, 0.05) is 18.3 Å². The summed E-state index contributed by atoms with van der Waals surface area (Å²) in [6.45, 7) is 2.70. The van der Waals surface area contributed by atoms with Crippen LogP contribution in [0, 0.1) is 6.92 Å². The Morgan fingerprint density at radius 1 is 1.41 bits per heavy atom. The summed E-state index contributed by atoms with van der Waals surface area (Å²) in [4.78, 5) is 13.0. The van der Waals surface area contributed by atoms with Crippen LogP contribution in [0.1, 0.15) is 31.2 Å². The number of aliphatic carboxylic acids is 1. The van der Waals surface area contributed by atoms with Crippen molar-refractivity contribution in [3.63, 3.8) is 0 Å². The Balaban J connectivity index is 2.14. The first-order valence-corrected chi connectivity index (χ1v) is 6.22.